The number of rotatable bonds is 7. The number of hydrogen-bond acceptors (Lipinski definition) is 8. The minimum absolute atomic E-state index is 0.0926. The Morgan fingerprint density at radius 3 is 2.45 bits per heavy atom. The van der Waals surface area contributed by atoms with Crippen LogP contribution in [0.15, 0.2) is 9.70 Å². The van der Waals surface area contributed by atoms with E-state index in [1.165, 1.54) is 18.2 Å². The van der Waals surface area contributed by atoms with Crippen LogP contribution in [0.5, 0.6) is 0 Å². The molecule has 0 aromatic carbocycles. The van der Waals surface area contributed by atoms with Gasteiger partial charge < -0.3 is 9.64 Å². The quantitative estimate of drug-likeness (QED) is 0.270. The molecule has 4 rings (SSSR count). The Hall–Kier alpha value is -2.64. The molecule has 1 saturated carbocycles. The van der Waals surface area contributed by atoms with Crippen LogP contribution in [0.4, 0.5) is 5.82 Å². The van der Waals surface area contributed by atoms with Crippen LogP contribution in [0, 0.1) is 24.2 Å². The number of esters is 1. The number of carbonyl (C=O) groups is 2. The van der Waals surface area contributed by atoms with Gasteiger partial charge in [0.2, 0.25) is 0 Å². The largest absolute Gasteiger partial charge is 0.466 e. The number of thiocarbonyl (C=S) groups is 1. The van der Waals surface area contributed by atoms with Crippen LogP contribution in [0.1, 0.15) is 81.9 Å². The molecule has 3 heterocycles. The van der Waals surface area contributed by atoms with E-state index >= 15 is 0 Å². The van der Waals surface area contributed by atoms with Gasteiger partial charge in [-0.2, -0.15) is 5.26 Å². The van der Waals surface area contributed by atoms with E-state index in [2.05, 4.69) is 11.0 Å². The second-order valence-electron chi connectivity index (χ2n) is 10.2. The first-order valence-corrected chi connectivity index (χ1v) is 14.9. The van der Waals surface area contributed by atoms with Crippen molar-refractivity contribution in [3.63, 3.8) is 0 Å². The van der Waals surface area contributed by atoms with E-state index in [4.69, 9.17) is 17.0 Å². The van der Waals surface area contributed by atoms with Crippen molar-refractivity contribution in [2.45, 2.75) is 84.7 Å². The molecule has 0 bridgehead atoms. The number of pyridine rings is 1. The maximum absolute atomic E-state index is 13.6. The van der Waals surface area contributed by atoms with Gasteiger partial charge in [0, 0.05) is 31.2 Å². The van der Waals surface area contributed by atoms with Crippen molar-refractivity contribution < 1.29 is 14.3 Å². The number of thioether (sulfide) groups is 1. The third-order valence-electron chi connectivity index (χ3n) is 7.75. The first-order chi connectivity index (χ1) is 18.3. The van der Waals surface area contributed by atoms with Gasteiger partial charge in [0.15, 0.2) is 0 Å². The Kier molecular flexibility index (Phi) is 9.32. The van der Waals surface area contributed by atoms with Crippen LogP contribution in [0.25, 0.3) is 6.08 Å². The van der Waals surface area contributed by atoms with Crippen molar-refractivity contribution >= 4 is 52.1 Å². The molecule has 0 unspecified atom stereocenters. The van der Waals surface area contributed by atoms with E-state index in [0.29, 0.717) is 71.7 Å². The topological polar surface area (TPSA) is 95.6 Å². The molecule has 10 heteroatoms. The van der Waals surface area contributed by atoms with Crippen molar-refractivity contribution in [2.24, 2.45) is 5.92 Å². The van der Waals surface area contributed by atoms with Gasteiger partial charge in [0.05, 0.1) is 17.4 Å². The fourth-order valence-electron chi connectivity index (χ4n) is 5.77. The molecule has 2 saturated heterocycles. The molecule has 3 fully saturated rings. The third kappa shape index (κ3) is 5.55. The van der Waals surface area contributed by atoms with Crippen LogP contribution in [-0.2, 0) is 20.9 Å². The lowest BCUT2D eigenvalue weighted by atomic mass is 9.94. The Balaban J connectivity index is 1.77. The molecule has 8 nitrogen and oxygen atoms in total. The highest BCUT2D eigenvalue weighted by molar-refractivity contribution is 8.26. The number of hydrogen-bond donors (Lipinski definition) is 0. The van der Waals surface area contributed by atoms with Crippen molar-refractivity contribution in [3.05, 3.63) is 31.9 Å². The maximum atomic E-state index is 13.6. The summed E-state index contributed by atoms with van der Waals surface area (Å²) in [7, 11) is 0. The second kappa shape index (κ2) is 12.5. The number of nitriles is 1. The van der Waals surface area contributed by atoms with Gasteiger partial charge in [0.1, 0.15) is 21.8 Å². The highest BCUT2D eigenvalue weighted by Crippen LogP contribution is 2.39. The van der Waals surface area contributed by atoms with Gasteiger partial charge in [-0.05, 0) is 57.6 Å². The Bertz CT molecular complexity index is 1230. The van der Waals surface area contributed by atoms with Crippen molar-refractivity contribution in [3.8, 4) is 6.07 Å². The van der Waals surface area contributed by atoms with Crippen molar-refractivity contribution in [1.29, 1.82) is 5.26 Å². The van der Waals surface area contributed by atoms with Crippen LogP contribution >= 0.6 is 24.0 Å². The summed E-state index contributed by atoms with van der Waals surface area (Å²) in [4.78, 5) is 43.7. The van der Waals surface area contributed by atoms with Gasteiger partial charge in [-0.15, -0.1) is 0 Å². The predicted molar refractivity (Wildman–Crippen MR) is 154 cm³/mol. The molecule has 1 amide bonds. The summed E-state index contributed by atoms with van der Waals surface area (Å²) in [5.74, 6) is 0.261. The van der Waals surface area contributed by atoms with Gasteiger partial charge in [-0.25, -0.2) is 0 Å². The Morgan fingerprint density at radius 1 is 1.16 bits per heavy atom. The standard InChI is InChI=1S/C28H36N4O4S2/c1-4-13-31-24(30-14-11-19(12-15-30)27(35)36-5-2)21(18(3)22(17-29)25(31)33)16-23-26(34)32(28(37)38-23)20-9-7-6-8-10-20/h16,19-20H,4-15H2,1-3H3. The van der Waals surface area contributed by atoms with E-state index in [0.717, 1.165) is 25.7 Å². The number of aromatic nitrogens is 1. The first-order valence-electron chi connectivity index (χ1n) is 13.7. The van der Waals surface area contributed by atoms with E-state index in [1.54, 1.807) is 23.3 Å². The summed E-state index contributed by atoms with van der Waals surface area (Å²) in [5.41, 5.74) is 1.04. The maximum Gasteiger partial charge on any atom is 0.309 e. The van der Waals surface area contributed by atoms with Gasteiger partial charge in [-0.1, -0.05) is 50.2 Å². The zero-order valence-corrected chi connectivity index (χ0v) is 24.1. The zero-order chi connectivity index (χ0) is 27.4. The van der Waals surface area contributed by atoms with Gasteiger partial charge in [0.25, 0.3) is 11.5 Å². The number of ether oxygens (including phenoxy) is 1. The Labute approximate surface area is 234 Å². The molecule has 204 valence electrons. The lowest BCUT2D eigenvalue weighted by molar-refractivity contribution is -0.148. The van der Waals surface area contributed by atoms with Crippen LogP contribution in [0.3, 0.4) is 0 Å². The van der Waals surface area contributed by atoms with Crippen molar-refractivity contribution in [2.75, 3.05) is 24.6 Å². The van der Waals surface area contributed by atoms with E-state index in [-0.39, 0.29) is 35.0 Å². The molecule has 3 aliphatic rings. The summed E-state index contributed by atoms with van der Waals surface area (Å²) in [6.07, 6.45) is 9.06. The Morgan fingerprint density at radius 2 is 1.84 bits per heavy atom. The minimum atomic E-state index is -0.318. The minimum Gasteiger partial charge on any atom is -0.466 e. The number of carbonyl (C=O) groups excluding carboxylic acids is 2. The first kappa shape index (κ1) is 28.4. The summed E-state index contributed by atoms with van der Waals surface area (Å²) < 4.78 is 7.48. The summed E-state index contributed by atoms with van der Waals surface area (Å²) in [6, 6.07) is 2.24. The summed E-state index contributed by atoms with van der Waals surface area (Å²) >= 11 is 6.94. The summed E-state index contributed by atoms with van der Waals surface area (Å²) in [6.45, 7) is 7.52. The molecular weight excluding hydrogens is 520 g/mol. The van der Waals surface area contributed by atoms with Crippen LogP contribution < -0.4 is 10.5 Å². The molecule has 1 aromatic rings. The smallest absolute Gasteiger partial charge is 0.309 e. The monoisotopic (exact) mass is 556 g/mol. The fourth-order valence-corrected chi connectivity index (χ4v) is 7.15. The van der Waals surface area contributed by atoms with E-state index in [9.17, 15) is 19.6 Å². The summed E-state index contributed by atoms with van der Waals surface area (Å²) in [5, 5.41) is 9.88. The van der Waals surface area contributed by atoms with E-state index < -0.39 is 0 Å². The molecule has 0 radical (unpaired) electrons. The number of nitrogens with zero attached hydrogens (tertiary/aromatic N) is 4. The average molecular weight is 557 g/mol. The SMILES string of the molecule is CCCn1c(N2CCC(C(=O)OCC)CC2)c(C=C2SC(=S)N(C3CCCCC3)C2=O)c(C)c(C#N)c1=O. The molecule has 0 N–H and O–H groups in total. The van der Waals surface area contributed by atoms with Gasteiger partial charge in [-0.3, -0.25) is 23.9 Å². The van der Waals surface area contributed by atoms with Crippen LogP contribution in [-0.4, -0.2) is 51.4 Å². The predicted octanol–water partition coefficient (Wildman–Crippen LogP) is 4.75. The molecule has 0 atom stereocenters. The average Bonchev–Trinajstić information content (AvgIpc) is 3.20. The lowest BCUT2D eigenvalue weighted by Crippen LogP contribution is -2.41. The van der Waals surface area contributed by atoms with E-state index in [1.807, 2.05) is 13.0 Å². The molecule has 2 aliphatic heterocycles. The lowest BCUT2D eigenvalue weighted by Gasteiger charge is -2.35. The number of anilines is 1. The van der Waals surface area contributed by atoms with Crippen molar-refractivity contribution in [1.82, 2.24) is 9.47 Å². The molecule has 38 heavy (non-hydrogen) atoms. The molecule has 1 aliphatic carbocycles. The third-order valence-corrected chi connectivity index (χ3v) is 9.08. The molecule has 0 spiro atoms. The second-order valence-corrected chi connectivity index (χ2v) is 11.8. The zero-order valence-electron chi connectivity index (χ0n) is 22.5. The molecular formula is C28H36N4O4S2. The highest BCUT2D eigenvalue weighted by Gasteiger charge is 2.38. The number of piperidine rings is 1. The van der Waals surface area contributed by atoms with Crippen LogP contribution in [0.2, 0.25) is 0 Å². The fraction of sp³-hybridized carbons (Fsp3) is 0.607. The molecule has 1 aromatic heterocycles. The highest BCUT2D eigenvalue weighted by atomic mass is 32.2. The number of amides is 1. The normalized spacial score (nSPS) is 20.3. The van der Waals surface area contributed by atoms with Gasteiger partial charge >= 0.3 is 5.97 Å².